The average Bonchev–Trinajstić information content (AvgIpc) is 2.86. The molecule has 2 heterocycles. The van der Waals surface area contributed by atoms with Crippen molar-refractivity contribution in [3.63, 3.8) is 0 Å². The summed E-state index contributed by atoms with van der Waals surface area (Å²) in [6, 6.07) is 12.4. The lowest BCUT2D eigenvalue weighted by molar-refractivity contribution is 0.0557. The number of carbonyl (C=O) groups excluding carboxylic acids is 2. The second-order valence-electron chi connectivity index (χ2n) is 7.78. The average molecular weight is 478 g/mol. The minimum atomic E-state index is -0.741. The van der Waals surface area contributed by atoms with Crippen molar-refractivity contribution in [2.75, 3.05) is 21.3 Å². The molecule has 0 atom stereocenters. The summed E-state index contributed by atoms with van der Waals surface area (Å²) in [5.74, 6) is -1.85. The van der Waals surface area contributed by atoms with Crippen LogP contribution in [0.2, 0.25) is 0 Å². The Morgan fingerprint density at radius 1 is 0.743 bits per heavy atom. The first-order valence-electron chi connectivity index (χ1n) is 10.7. The highest BCUT2D eigenvalue weighted by molar-refractivity contribution is 5.90. The standard InChI is InChI=1S/C26H22O9/c1-31-16(10-14-6-4-8-19-23(14)17(27)12-21(34-19)25(29)32-2)11-15-7-5-9-20-24(15)18(28)13-22(35-20)26(30)33-3/h4-9,12-13,16H,10-11H2,1-3H3. The Bertz CT molecular complexity index is 1430. The van der Waals surface area contributed by atoms with Crippen LogP contribution in [0.25, 0.3) is 21.9 Å². The third-order valence-electron chi connectivity index (χ3n) is 5.68. The summed E-state index contributed by atoms with van der Waals surface area (Å²) in [5.41, 5.74) is 1.09. The molecule has 9 nitrogen and oxygen atoms in total. The van der Waals surface area contributed by atoms with Gasteiger partial charge >= 0.3 is 11.9 Å². The van der Waals surface area contributed by atoms with Gasteiger partial charge in [0, 0.05) is 19.2 Å². The monoisotopic (exact) mass is 478 g/mol. The van der Waals surface area contributed by atoms with Gasteiger partial charge in [-0.2, -0.15) is 0 Å². The van der Waals surface area contributed by atoms with E-state index in [0.29, 0.717) is 34.7 Å². The van der Waals surface area contributed by atoms with Crippen LogP contribution in [0.1, 0.15) is 32.2 Å². The lowest BCUT2D eigenvalue weighted by atomic mass is 9.96. The van der Waals surface area contributed by atoms with E-state index < -0.39 is 18.0 Å². The van der Waals surface area contributed by atoms with E-state index in [1.165, 1.54) is 21.3 Å². The highest BCUT2D eigenvalue weighted by atomic mass is 16.5. The normalized spacial score (nSPS) is 11.2. The predicted octanol–water partition coefficient (Wildman–Crippen LogP) is 3.27. The summed E-state index contributed by atoms with van der Waals surface area (Å²) < 4.78 is 26.1. The second kappa shape index (κ2) is 9.94. The van der Waals surface area contributed by atoms with Gasteiger partial charge in [-0.3, -0.25) is 9.59 Å². The van der Waals surface area contributed by atoms with Gasteiger partial charge in [0.05, 0.1) is 31.1 Å². The maximum atomic E-state index is 12.8. The van der Waals surface area contributed by atoms with Crippen molar-refractivity contribution in [2.45, 2.75) is 18.9 Å². The van der Waals surface area contributed by atoms with E-state index in [4.69, 9.17) is 13.6 Å². The van der Waals surface area contributed by atoms with E-state index in [2.05, 4.69) is 9.47 Å². The Kier molecular flexibility index (Phi) is 6.79. The van der Waals surface area contributed by atoms with Gasteiger partial charge in [0.2, 0.25) is 11.5 Å². The Morgan fingerprint density at radius 2 is 1.17 bits per heavy atom. The number of rotatable bonds is 7. The first-order valence-corrected chi connectivity index (χ1v) is 10.7. The molecule has 0 aliphatic carbocycles. The summed E-state index contributed by atoms with van der Waals surface area (Å²) in [7, 11) is 3.95. The third kappa shape index (κ3) is 4.71. The Labute approximate surface area is 198 Å². The van der Waals surface area contributed by atoms with Crippen molar-refractivity contribution in [3.05, 3.63) is 91.6 Å². The van der Waals surface area contributed by atoms with Crippen LogP contribution in [-0.2, 0) is 27.1 Å². The fourth-order valence-corrected chi connectivity index (χ4v) is 4.03. The van der Waals surface area contributed by atoms with Gasteiger partial charge in [-0.05, 0) is 36.1 Å². The fourth-order valence-electron chi connectivity index (χ4n) is 4.03. The molecule has 9 heteroatoms. The van der Waals surface area contributed by atoms with Crippen LogP contribution in [0, 0.1) is 0 Å². The summed E-state index contributed by atoms with van der Waals surface area (Å²) >= 11 is 0. The lowest BCUT2D eigenvalue weighted by Crippen LogP contribution is -2.20. The predicted molar refractivity (Wildman–Crippen MR) is 126 cm³/mol. The number of ether oxygens (including phenoxy) is 3. The van der Waals surface area contributed by atoms with E-state index in [9.17, 15) is 19.2 Å². The molecule has 0 amide bonds. The van der Waals surface area contributed by atoms with Gasteiger partial charge in [-0.1, -0.05) is 24.3 Å². The Balaban J connectivity index is 1.70. The SMILES string of the molecule is COC(=O)c1cc(=O)c2c(CC(Cc3cccc4oc(C(=O)OC)cc(=O)c34)OC)cccc2o1. The molecule has 0 aliphatic rings. The molecule has 0 bridgehead atoms. The first kappa shape index (κ1) is 23.9. The van der Waals surface area contributed by atoms with Crippen LogP contribution in [0.15, 0.2) is 67.0 Å². The number of benzene rings is 2. The molecule has 0 unspecified atom stereocenters. The fraction of sp³-hybridized carbons (Fsp3) is 0.231. The molecule has 2 aromatic carbocycles. The zero-order valence-corrected chi connectivity index (χ0v) is 19.3. The van der Waals surface area contributed by atoms with Gasteiger partial charge < -0.3 is 23.0 Å². The van der Waals surface area contributed by atoms with Crippen LogP contribution in [0.5, 0.6) is 0 Å². The summed E-state index contributed by atoms with van der Waals surface area (Å²) in [6.45, 7) is 0. The zero-order chi connectivity index (χ0) is 25.1. The minimum absolute atomic E-state index is 0.181. The maximum Gasteiger partial charge on any atom is 0.374 e. The molecule has 0 saturated heterocycles. The maximum absolute atomic E-state index is 12.8. The molecule has 2 aromatic heterocycles. The molecular formula is C26H22O9. The number of hydrogen-bond acceptors (Lipinski definition) is 9. The van der Waals surface area contributed by atoms with Crippen molar-refractivity contribution >= 4 is 33.9 Å². The van der Waals surface area contributed by atoms with Crippen molar-refractivity contribution in [2.24, 2.45) is 0 Å². The molecule has 35 heavy (non-hydrogen) atoms. The molecule has 180 valence electrons. The zero-order valence-electron chi connectivity index (χ0n) is 19.3. The van der Waals surface area contributed by atoms with Crippen LogP contribution in [0.4, 0.5) is 0 Å². The molecule has 0 fully saturated rings. The van der Waals surface area contributed by atoms with Crippen LogP contribution >= 0.6 is 0 Å². The van der Waals surface area contributed by atoms with Gasteiger partial charge in [-0.15, -0.1) is 0 Å². The molecule has 0 radical (unpaired) electrons. The van der Waals surface area contributed by atoms with Crippen LogP contribution in [0.3, 0.4) is 0 Å². The van der Waals surface area contributed by atoms with Crippen molar-refractivity contribution in [3.8, 4) is 0 Å². The molecule has 0 N–H and O–H groups in total. The van der Waals surface area contributed by atoms with Crippen molar-refractivity contribution in [1.29, 1.82) is 0 Å². The van der Waals surface area contributed by atoms with Crippen LogP contribution in [-0.4, -0.2) is 39.4 Å². The quantitative estimate of drug-likeness (QED) is 0.368. The third-order valence-corrected chi connectivity index (χ3v) is 5.68. The van der Waals surface area contributed by atoms with Gasteiger partial charge in [0.1, 0.15) is 11.2 Å². The Morgan fingerprint density at radius 3 is 1.54 bits per heavy atom. The van der Waals surface area contributed by atoms with E-state index in [1.54, 1.807) is 36.4 Å². The highest BCUT2D eigenvalue weighted by Crippen LogP contribution is 2.23. The molecular weight excluding hydrogens is 456 g/mol. The molecule has 0 spiro atoms. The van der Waals surface area contributed by atoms with E-state index in [-0.39, 0.29) is 33.5 Å². The molecule has 4 aromatic rings. The topological polar surface area (TPSA) is 122 Å². The summed E-state index contributed by atoms with van der Waals surface area (Å²) in [5, 5.41) is 0.671. The molecule has 0 saturated carbocycles. The molecule has 4 rings (SSSR count). The number of methoxy groups -OCH3 is 3. The van der Waals surface area contributed by atoms with Gasteiger partial charge in [-0.25, -0.2) is 9.59 Å². The van der Waals surface area contributed by atoms with E-state index in [0.717, 1.165) is 12.1 Å². The number of carbonyl (C=O) groups is 2. The van der Waals surface area contributed by atoms with E-state index in [1.807, 2.05) is 0 Å². The minimum Gasteiger partial charge on any atom is -0.463 e. The van der Waals surface area contributed by atoms with Gasteiger partial charge in [0.15, 0.2) is 10.9 Å². The first-order chi connectivity index (χ1) is 16.9. The summed E-state index contributed by atoms with van der Waals surface area (Å²) in [4.78, 5) is 49.2. The number of fused-ring (bicyclic) bond motifs is 2. The largest absolute Gasteiger partial charge is 0.463 e. The number of esters is 2. The molecule has 0 aliphatic heterocycles. The summed E-state index contributed by atoms with van der Waals surface area (Å²) in [6.07, 6.45) is 0.251. The number of hydrogen-bond donors (Lipinski definition) is 0. The van der Waals surface area contributed by atoms with Crippen molar-refractivity contribution < 1.29 is 32.6 Å². The second-order valence-corrected chi connectivity index (χ2v) is 7.78. The van der Waals surface area contributed by atoms with Crippen LogP contribution < -0.4 is 10.9 Å². The highest BCUT2D eigenvalue weighted by Gasteiger charge is 2.20. The Hall–Kier alpha value is -4.24. The van der Waals surface area contributed by atoms with Crippen molar-refractivity contribution in [1.82, 2.24) is 0 Å². The smallest absolute Gasteiger partial charge is 0.374 e. The van der Waals surface area contributed by atoms with E-state index >= 15 is 0 Å². The van der Waals surface area contributed by atoms with Gasteiger partial charge in [0.25, 0.3) is 0 Å². The lowest BCUT2D eigenvalue weighted by Gasteiger charge is -2.17.